The van der Waals surface area contributed by atoms with Gasteiger partial charge in [0.05, 0.1) is 12.8 Å². The van der Waals surface area contributed by atoms with Gasteiger partial charge in [-0.1, -0.05) is 0 Å². The lowest BCUT2D eigenvalue weighted by Gasteiger charge is -2.19. The lowest BCUT2D eigenvalue weighted by atomic mass is 10.5. The summed E-state index contributed by atoms with van der Waals surface area (Å²) in [5, 5.41) is 18.0. The summed E-state index contributed by atoms with van der Waals surface area (Å²) in [5.74, 6) is 1.02. The number of likely N-dealkylation sites (N-methyl/N-ethyl adjacent to an activating group) is 1. The first-order chi connectivity index (χ1) is 6.19. The highest BCUT2D eigenvalue weighted by molar-refractivity contribution is 5.46. The van der Waals surface area contributed by atoms with Crippen LogP contribution in [-0.4, -0.2) is 42.1 Å². The third kappa shape index (κ3) is 2.06. The minimum atomic E-state index is 0.0894. The number of aromatic hydroxyl groups is 1. The molecule has 0 fully saturated rings. The Balaban J connectivity index is 2.84. The second kappa shape index (κ2) is 4.04. The lowest BCUT2D eigenvalue weighted by Crippen LogP contribution is -2.25. The van der Waals surface area contributed by atoms with Gasteiger partial charge in [-0.05, 0) is 0 Å². The zero-order valence-corrected chi connectivity index (χ0v) is 7.86. The van der Waals surface area contributed by atoms with Crippen LogP contribution >= 0.6 is 0 Å². The predicted molar refractivity (Wildman–Crippen MR) is 51.7 cm³/mol. The van der Waals surface area contributed by atoms with E-state index in [-0.39, 0.29) is 12.4 Å². The molecular weight excluding hydrogens is 170 g/mol. The number of rotatable bonds is 4. The summed E-state index contributed by atoms with van der Waals surface area (Å²) in [7, 11) is 3.61. The van der Waals surface area contributed by atoms with Crippen molar-refractivity contribution in [1.82, 2.24) is 4.68 Å². The molecule has 0 aliphatic rings. The van der Waals surface area contributed by atoms with E-state index < -0.39 is 0 Å². The molecule has 0 saturated heterocycles. The summed E-state index contributed by atoms with van der Waals surface area (Å²) in [4.78, 5) is 1.84. The second-order valence-electron chi connectivity index (χ2n) is 2.80. The molecule has 0 unspecified atom stereocenters. The molecule has 1 rings (SSSR count). The highest BCUT2D eigenvalue weighted by Gasteiger charge is 2.07. The second-order valence-corrected chi connectivity index (χ2v) is 2.80. The molecule has 74 valence electrons. The fourth-order valence-electron chi connectivity index (χ4n) is 1.18. The third-order valence-corrected chi connectivity index (χ3v) is 1.85. The predicted octanol–water partition coefficient (Wildman–Crippen LogP) is -0.205. The summed E-state index contributed by atoms with van der Waals surface area (Å²) in [6.45, 7) is 0.622. The first-order valence-corrected chi connectivity index (χ1v) is 4.10. The number of hydrogen-bond acceptors (Lipinski definition) is 4. The molecule has 0 aliphatic carbocycles. The number of aliphatic hydroxyl groups is 1. The molecule has 0 amide bonds. The standard InChI is InChI=1S/C8H15N3O2/c1-9-11-6-7(13)5-8(11)10(2)3-4-12/h5-6,9,12-13H,3-4H2,1-2H3. The van der Waals surface area contributed by atoms with Gasteiger partial charge in [-0.15, -0.1) is 0 Å². The van der Waals surface area contributed by atoms with Gasteiger partial charge < -0.3 is 20.5 Å². The van der Waals surface area contributed by atoms with E-state index in [0.29, 0.717) is 6.54 Å². The van der Waals surface area contributed by atoms with Gasteiger partial charge in [-0.2, -0.15) is 0 Å². The first-order valence-electron chi connectivity index (χ1n) is 4.10. The monoisotopic (exact) mass is 185 g/mol. The van der Waals surface area contributed by atoms with Crippen LogP contribution in [0.2, 0.25) is 0 Å². The molecular formula is C8H15N3O2. The number of nitrogens with one attached hydrogen (secondary N) is 1. The molecule has 1 aromatic heterocycles. The summed E-state index contributed by atoms with van der Waals surface area (Å²) >= 11 is 0. The molecule has 3 N–H and O–H groups in total. The maximum atomic E-state index is 9.23. The Morgan fingerprint density at radius 1 is 1.62 bits per heavy atom. The van der Waals surface area contributed by atoms with E-state index in [2.05, 4.69) is 5.43 Å². The number of nitrogens with zero attached hydrogens (tertiary/aromatic N) is 2. The zero-order chi connectivity index (χ0) is 9.84. The Morgan fingerprint density at radius 2 is 2.31 bits per heavy atom. The molecule has 1 aromatic rings. The van der Waals surface area contributed by atoms with Crippen LogP contribution in [0, 0.1) is 0 Å². The van der Waals surface area contributed by atoms with Crippen molar-refractivity contribution >= 4 is 5.82 Å². The van der Waals surface area contributed by atoms with E-state index in [4.69, 9.17) is 5.11 Å². The van der Waals surface area contributed by atoms with Gasteiger partial charge in [0, 0.05) is 26.7 Å². The van der Waals surface area contributed by atoms with Gasteiger partial charge >= 0.3 is 0 Å². The number of aromatic nitrogens is 1. The molecule has 0 aromatic carbocycles. The van der Waals surface area contributed by atoms with Crippen molar-refractivity contribution in [3.05, 3.63) is 12.3 Å². The van der Waals surface area contributed by atoms with E-state index in [1.54, 1.807) is 24.0 Å². The van der Waals surface area contributed by atoms with Crippen molar-refractivity contribution in [1.29, 1.82) is 0 Å². The molecule has 0 atom stereocenters. The molecule has 5 nitrogen and oxygen atoms in total. The molecule has 0 bridgehead atoms. The van der Waals surface area contributed by atoms with E-state index in [1.807, 2.05) is 11.9 Å². The van der Waals surface area contributed by atoms with Crippen LogP contribution in [0.15, 0.2) is 12.3 Å². The van der Waals surface area contributed by atoms with Crippen molar-refractivity contribution in [2.75, 3.05) is 37.6 Å². The molecule has 13 heavy (non-hydrogen) atoms. The lowest BCUT2D eigenvalue weighted by molar-refractivity contribution is 0.303. The van der Waals surface area contributed by atoms with Gasteiger partial charge in [0.15, 0.2) is 0 Å². The number of hydrogen-bond donors (Lipinski definition) is 3. The smallest absolute Gasteiger partial charge is 0.137 e. The van der Waals surface area contributed by atoms with Gasteiger partial charge in [-0.25, -0.2) is 4.68 Å². The van der Waals surface area contributed by atoms with Crippen LogP contribution in [0.25, 0.3) is 0 Å². The molecule has 0 aliphatic heterocycles. The van der Waals surface area contributed by atoms with E-state index in [1.165, 1.54) is 0 Å². The van der Waals surface area contributed by atoms with Gasteiger partial charge in [0.25, 0.3) is 0 Å². The van der Waals surface area contributed by atoms with Crippen LogP contribution in [0.4, 0.5) is 5.82 Å². The number of anilines is 1. The molecule has 0 radical (unpaired) electrons. The quantitative estimate of drug-likeness (QED) is 0.607. The number of aliphatic hydroxyl groups excluding tert-OH is 1. The normalized spacial score (nSPS) is 10.1. The Bertz CT molecular complexity index is 272. The topological polar surface area (TPSA) is 60.7 Å². The molecule has 0 spiro atoms. The largest absolute Gasteiger partial charge is 0.506 e. The van der Waals surface area contributed by atoms with Crippen molar-refractivity contribution in [3.63, 3.8) is 0 Å². The summed E-state index contributed by atoms with van der Waals surface area (Å²) in [6, 6.07) is 1.63. The van der Waals surface area contributed by atoms with Crippen LogP contribution in [0.1, 0.15) is 0 Å². The average Bonchev–Trinajstić information content (AvgIpc) is 2.47. The first kappa shape index (κ1) is 9.73. The van der Waals surface area contributed by atoms with E-state index in [9.17, 15) is 5.11 Å². The van der Waals surface area contributed by atoms with Crippen LogP contribution in [0.3, 0.4) is 0 Å². The highest BCUT2D eigenvalue weighted by atomic mass is 16.3. The van der Waals surface area contributed by atoms with Crippen molar-refractivity contribution in [2.24, 2.45) is 0 Å². The van der Waals surface area contributed by atoms with Crippen molar-refractivity contribution in [2.45, 2.75) is 0 Å². The van der Waals surface area contributed by atoms with Gasteiger partial charge in [0.1, 0.15) is 11.6 Å². The fourth-order valence-corrected chi connectivity index (χ4v) is 1.18. The Morgan fingerprint density at radius 3 is 2.85 bits per heavy atom. The maximum absolute atomic E-state index is 9.23. The van der Waals surface area contributed by atoms with Crippen LogP contribution in [0.5, 0.6) is 5.75 Å². The van der Waals surface area contributed by atoms with E-state index >= 15 is 0 Å². The summed E-state index contributed by atoms with van der Waals surface area (Å²) < 4.78 is 1.69. The van der Waals surface area contributed by atoms with Crippen molar-refractivity contribution < 1.29 is 10.2 Å². The van der Waals surface area contributed by atoms with Gasteiger partial charge in [-0.3, -0.25) is 0 Å². The molecule has 0 saturated carbocycles. The zero-order valence-electron chi connectivity index (χ0n) is 7.86. The average molecular weight is 185 g/mol. The minimum absolute atomic E-state index is 0.0894. The van der Waals surface area contributed by atoms with Crippen molar-refractivity contribution in [3.8, 4) is 5.75 Å². The minimum Gasteiger partial charge on any atom is -0.506 e. The Kier molecular flexibility index (Phi) is 3.02. The van der Waals surface area contributed by atoms with Crippen LogP contribution in [-0.2, 0) is 0 Å². The third-order valence-electron chi connectivity index (χ3n) is 1.85. The summed E-state index contributed by atoms with van der Waals surface area (Å²) in [5.41, 5.74) is 2.89. The van der Waals surface area contributed by atoms with Gasteiger partial charge in [0.2, 0.25) is 0 Å². The fraction of sp³-hybridized carbons (Fsp3) is 0.500. The maximum Gasteiger partial charge on any atom is 0.137 e. The Labute approximate surface area is 77.2 Å². The Hall–Kier alpha value is -1.36. The van der Waals surface area contributed by atoms with E-state index in [0.717, 1.165) is 5.82 Å². The summed E-state index contributed by atoms with van der Waals surface area (Å²) in [6.07, 6.45) is 1.57. The highest BCUT2D eigenvalue weighted by Crippen LogP contribution is 2.20. The SMILES string of the molecule is CNn1cc(O)cc1N(C)CCO. The van der Waals surface area contributed by atoms with Crippen LogP contribution < -0.4 is 10.3 Å². The molecule has 1 heterocycles. The molecule has 5 heteroatoms.